The number of benzene rings is 1. The van der Waals surface area contributed by atoms with Gasteiger partial charge in [0.25, 0.3) is 5.89 Å². The lowest BCUT2D eigenvalue weighted by Crippen LogP contribution is -2.41. The van der Waals surface area contributed by atoms with Gasteiger partial charge in [-0.15, -0.1) is 10.2 Å². The molecule has 0 bridgehead atoms. The number of hydrogen-bond donors (Lipinski definition) is 0. The second kappa shape index (κ2) is 7.11. The topological polar surface area (TPSA) is 94.8 Å². The first-order valence-electron chi connectivity index (χ1n) is 7.92. The Morgan fingerprint density at radius 1 is 1.28 bits per heavy atom. The maximum absolute atomic E-state index is 11.7. The van der Waals surface area contributed by atoms with Gasteiger partial charge in [-0.05, 0) is 25.0 Å². The van der Waals surface area contributed by atoms with E-state index in [1.54, 1.807) is 0 Å². The predicted molar refractivity (Wildman–Crippen MR) is 89.7 cm³/mol. The molecule has 1 unspecified atom stereocenters. The molecule has 8 nitrogen and oxygen atoms in total. The quantitative estimate of drug-likeness (QED) is 0.792. The van der Waals surface area contributed by atoms with Gasteiger partial charge in [0.05, 0.1) is 12.9 Å². The van der Waals surface area contributed by atoms with Crippen LogP contribution in [0.25, 0.3) is 0 Å². The minimum absolute atomic E-state index is 0.140. The lowest BCUT2D eigenvalue weighted by molar-refractivity contribution is -0.0180. The van der Waals surface area contributed by atoms with Gasteiger partial charge in [0.15, 0.2) is 6.61 Å². The first-order valence-corrected chi connectivity index (χ1v) is 9.77. The average molecular weight is 367 g/mol. The normalized spacial score (nSPS) is 19.1. The Labute approximate surface area is 146 Å². The minimum Gasteiger partial charge on any atom is -0.483 e. The molecule has 0 amide bonds. The largest absolute Gasteiger partial charge is 0.483 e. The van der Waals surface area contributed by atoms with E-state index in [9.17, 15) is 8.42 Å². The van der Waals surface area contributed by atoms with E-state index < -0.39 is 16.1 Å². The van der Waals surface area contributed by atoms with Crippen LogP contribution in [0.1, 0.15) is 29.0 Å². The van der Waals surface area contributed by atoms with Gasteiger partial charge in [0, 0.05) is 13.1 Å². The SMILES string of the molecule is Cc1cccc(C)c1OCc1nnc(C2CN(S(C)(=O)=O)CCO2)o1. The van der Waals surface area contributed by atoms with E-state index in [0.29, 0.717) is 12.4 Å². The number of nitrogens with zero attached hydrogens (tertiary/aromatic N) is 3. The highest BCUT2D eigenvalue weighted by Gasteiger charge is 2.31. The van der Waals surface area contributed by atoms with Crippen molar-refractivity contribution < 1.29 is 22.3 Å². The zero-order valence-electron chi connectivity index (χ0n) is 14.4. The highest BCUT2D eigenvalue weighted by Crippen LogP contribution is 2.25. The van der Waals surface area contributed by atoms with Crippen LogP contribution in [0.4, 0.5) is 0 Å². The monoisotopic (exact) mass is 367 g/mol. The Balaban J connectivity index is 1.66. The molecule has 2 aromatic rings. The maximum atomic E-state index is 11.7. The Morgan fingerprint density at radius 3 is 2.68 bits per heavy atom. The van der Waals surface area contributed by atoms with Crippen LogP contribution in [0.2, 0.25) is 0 Å². The zero-order valence-corrected chi connectivity index (χ0v) is 15.2. The number of para-hydroxylation sites is 1. The van der Waals surface area contributed by atoms with Crippen LogP contribution < -0.4 is 4.74 Å². The van der Waals surface area contributed by atoms with E-state index in [1.807, 2.05) is 32.0 Å². The van der Waals surface area contributed by atoms with Crippen molar-refractivity contribution in [1.29, 1.82) is 0 Å². The average Bonchev–Trinajstić information content (AvgIpc) is 3.03. The molecule has 1 fully saturated rings. The number of morpholine rings is 1. The molecule has 1 aromatic heterocycles. The van der Waals surface area contributed by atoms with Gasteiger partial charge in [-0.1, -0.05) is 18.2 Å². The van der Waals surface area contributed by atoms with Gasteiger partial charge < -0.3 is 13.9 Å². The fourth-order valence-electron chi connectivity index (χ4n) is 2.69. The van der Waals surface area contributed by atoms with Crippen LogP contribution in [0, 0.1) is 13.8 Å². The van der Waals surface area contributed by atoms with Gasteiger partial charge in [-0.2, -0.15) is 4.31 Å². The molecule has 2 heterocycles. The van der Waals surface area contributed by atoms with E-state index in [1.165, 1.54) is 10.6 Å². The summed E-state index contributed by atoms with van der Waals surface area (Å²) in [6.45, 7) is 4.86. The fourth-order valence-corrected chi connectivity index (χ4v) is 3.50. The number of ether oxygens (including phenoxy) is 2. The number of aromatic nitrogens is 2. The molecule has 25 heavy (non-hydrogen) atoms. The summed E-state index contributed by atoms with van der Waals surface area (Å²) in [5, 5.41) is 7.93. The molecule has 1 aliphatic heterocycles. The third-order valence-electron chi connectivity index (χ3n) is 4.00. The molecule has 0 N–H and O–H groups in total. The summed E-state index contributed by atoms with van der Waals surface area (Å²) in [5.74, 6) is 1.37. The van der Waals surface area contributed by atoms with Crippen molar-refractivity contribution >= 4 is 10.0 Å². The maximum Gasteiger partial charge on any atom is 0.254 e. The third-order valence-corrected chi connectivity index (χ3v) is 5.27. The first kappa shape index (κ1) is 17.8. The fraction of sp³-hybridized carbons (Fsp3) is 0.500. The third kappa shape index (κ3) is 4.17. The Hall–Kier alpha value is -1.97. The molecule has 1 saturated heterocycles. The number of hydrogen-bond acceptors (Lipinski definition) is 7. The summed E-state index contributed by atoms with van der Waals surface area (Å²) in [6, 6.07) is 5.91. The molecule has 0 spiro atoms. The molecule has 1 atom stereocenters. The van der Waals surface area contributed by atoms with Gasteiger partial charge in [0.2, 0.25) is 15.9 Å². The van der Waals surface area contributed by atoms with Gasteiger partial charge in [0.1, 0.15) is 11.9 Å². The lowest BCUT2D eigenvalue weighted by Gasteiger charge is -2.29. The van der Waals surface area contributed by atoms with Gasteiger partial charge >= 0.3 is 0 Å². The van der Waals surface area contributed by atoms with Crippen molar-refractivity contribution in [3.8, 4) is 5.75 Å². The van der Waals surface area contributed by atoms with Gasteiger partial charge in [-0.3, -0.25) is 0 Å². The van der Waals surface area contributed by atoms with Gasteiger partial charge in [-0.25, -0.2) is 8.42 Å². The van der Waals surface area contributed by atoms with E-state index in [4.69, 9.17) is 13.9 Å². The summed E-state index contributed by atoms with van der Waals surface area (Å²) in [4.78, 5) is 0. The second-order valence-electron chi connectivity index (χ2n) is 6.02. The Morgan fingerprint density at radius 2 is 2.00 bits per heavy atom. The standard InChI is InChI=1S/C16H21N3O5S/c1-11-5-4-6-12(2)15(11)23-10-14-17-18-16(24-14)13-9-19(7-8-22-13)25(3,20)21/h4-6,13H,7-10H2,1-3H3. The summed E-state index contributed by atoms with van der Waals surface area (Å²) < 4.78 is 41.6. The molecule has 0 aliphatic carbocycles. The van der Waals surface area contributed by atoms with Crippen molar-refractivity contribution in [3.05, 3.63) is 41.1 Å². The molecular formula is C16H21N3O5S. The second-order valence-corrected chi connectivity index (χ2v) is 8.01. The van der Waals surface area contributed by atoms with E-state index in [-0.39, 0.29) is 25.6 Å². The van der Waals surface area contributed by atoms with Crippen LogP contribution >= 0.6 is 0 Å². The summed E-state index contributed by atoms with van der Waals surface area (Å²) in [6.07, 6.45) is 0.609. The lowest BCUT2D eigenvalue weighted by atomic mass is 10.1. The van der Waals surface area contributed by atoms with Crippen LogP contribution in [0.3, 0.4) is 0 Å². The molecule has 1 aliphatic rings. The number of aryl methyl sites for hydroxylation is 2. The van der Waals surface area contributed by atoms with Crippen molar-refractivity contribution in [1.82, 2.24) is 14.5 Å². The van der Waals surface area contributed by atoms with Crippen molar-refractivity contribution in [2.45, 2.75) is 26.6 Å². The van der Waals surface area contributed by atoms with Crippen LogP contribution in [0.15, 0.2) is 22.6 Å². The molecule has 9 heteroatoms. The molecule has 1 aromatic carbocycles. The first-order chi connectivity index (χ1) is 11.8. The van der Waals surface area contributed by atoms with Crippen molar-refractivity contribution in [3.63, 3.8) is 0 Å². The van der Waals surface area contributed by atoms with Crippen LogP contribution in [-0.2, 0) is 21.4 Å². The number of sulfonamides is 1. The summed E-state index contributed by atoms with van der Waals surface area (Å²) in [7, 11) is -3.28. The molecule has 0 radical (unpaired) electrons. The van der Waals surface area contributed by atoms with Crippen molar-refractivity contribution in [2.24, 2.45) is 0 Å². The minimum atomic E-state index is -3.28. The van der Waals surface area contributed by atoms with Crippen molar-refractivity contribution in [2.75, 3.05) is 26.0 Å². The van der Waals surface area contributed by atoms with E-state index >= 15 is 0 Å². The summed E-state index contributed by atoms with van der Waals surface area (Å²) in [5.41, 5.74) is 2.05. The number of rotatable bonds is 5. The molecule has 0 saturated carbocycles. The Bertz CT molecular complexity index is 829. The Kier molecular flexibility index (Phi) is 5.07. The molecular weight excluding hydrogens is 346 g/mol. The highest BCUT2D eigenvalue weighted by atomic mass is 32.2. The van der Waals surface area contributed by atoms with E-state index in [2.05, 4.69) is 10.2 Å². The van der Waals surface area contributed by atoms with Crippen LogP contribution in [0.5, 0.6) is 5.75 Å². The summed E-state index contributed by atoms with van der Waals surface area (Å²) >= 11 is 0. The zero-order chi connectivity index (χ0) is 18.0. The van der Waals surface area contributed by atoms with Crippen LogP contribution in [-0.4, -0.2) is 48.9 Å². The highest BCUT2D eigenvalue weighted by molar-refractivity contribution is 7.88. The van der Waals surface area contributed by atoms with E-state index in [0.717, 1.165) is 16.9 Å². The smallest absolute Gasteiger partial charge is 0.254 e. The predicted octanol–water partition coefficient (Wildman–Crippen LogP) is 1.60. The molecule has 3 rings (SSSR count). The molecule has 136 valence electrons.